The van der Waals surface area contributed by atoms with E-state index in [9.17, 15) is 22.8 Å². The number of halogens is 3. The van der Waals surface area contributed by atoms with Crippen LogP contribution in [-0.4, -0.2) is 49.9 Å². The molecular formula is C26H31F3N4O2. The number of amides is 2. The Labute approximate surface area is 203 Å². The van der Waals surface area contributed by atoms with Crippen molar-refractivity contribution in [3.05, 3.63) is 59.2 Å². The number of piperidine rings is 1. The fraction of sp³-hybridized carbons (Fsp3) is 0.462. The number of nitrogens with one attached hydrogen (secondary N) is 2. The second kappa shape index (κ2) is 10.7. The van der Waals surface area contributed by atoms with E-state index in [0.29, 0.717) is 0 Å². The fourth-order valence-electron chi connectivity index (χ4n) is 4.90. The molecule has 2 aliphatic heterocycles. The molecule has 2 heterocycles. The van der Waals surface area contributed by atoms with Crippen molar-refractivity contribution in [2.45, 2.75) is 44.3 Å². The van der Waals surface area contributed by atoms with Crippen molar-refractivity contribution in [1.82, 2.24) is 10.2 Å². The van der Waals surface area contributed by atoms with E-state index in [2.05, 4.69) is 45.7 Å². The summed E-state index contributed by atoms with van der Waals surface area (Å²) in [6.07, 6.45) is 1.01. The lowest BCUT2D eigenvalue weighted by Crippen LogP contribution is -2.43. The predicted octanol–water partition coefficient (Wildman–Crippen LogP) is 4.37. The van der Waals surface area contributed by atoms with Gasteiger partial charge in [0.15, 0.2) is 0 Å². The number of hydrogen-bond donors (Lipinski definition) is 2. The van der Waals surface area contributed by atoms with Crippen molar-refractivity contribution in [2.75, 3.05) is 43.4 Å². The van der Waals surface area contributed by atoms with Crippen LogP contribution in [0.2, 0.25) is 0 Å². The predicted molar refractivity (Wildman–Crippen MR) is 129 cm³/mol. The summed E-state index contributed by atoms with van der Waals surface area (Å²) in [6, 6.07) is 10.4. The Kier molecular flexibility index (Phi) is 7.64. The summed E-state index contributed by atoms with van der Waals surface area (Å²) < 4.78 is 38.2. The van der Waals surface area contributed by atoms with Crippen LogP contribution in [0.1, 0.15) is 48.4 Å². The number of benzene rings is 2. The molecule has 35 heavy (non-hydrogen) atoms. The number of fused-ring (bicyclic) bond motifs is 1. The van der Waals surface area contributed by atoms with Crippen LogP contribution < -0.4 is 15.5 Å². The maximum atomic E-state index is 12.7. The normalized spacial score (nSPS) is 17.4. The first kappa shape index (κ1) is 25.0. The lowest BCUT2D eigenvalue weighted by Gasteiger charge is -2.36. The van der Waals surface area contributed by atoms with Crippen LogP contribution in [0.5, 0.6) is 0 Å². The fourth-order valence-corrected chi connectivity index (χ4v) is 4.90. The van der Waals surface area contributed by atoms with E-state index in [1.54, 1.807) is 0 Å². The molecule has 2 aliphatic rings. The second-order valence-electron chi connectivity index (χ2n) is 9.26. The molecule has 9 heteroatoms. The largest absolute Gasteiger partial charge is 0.416 e. The number of carbonyl (C=O) groups is 2. The maximum absolute atomic E-state index is 12.7. The highest BCUT2D eigenvalue weighted by Gasteiger charge is 2.30. The van der Waals surface area contributed by atoms with Crippen LogP contribution >= 0.6 is 0 Å². The minimum absolute atomic E-state index is 0.0596. The Morgan fingerprint density at radius 3 is 2.34 bits per heavy atom. The lowest BCUT2D eigenvalue weighted by atomic mass is 9.95. The van der Waals surface area contributed by atoms with Crippen LogP contribution in [-0.2, 0) is 22.2 Å². The topological polar surface area (TPSA) is 64.7 Å². The first-order valence-corrected chi connectivity index (χ1v) is 12.1. The third-order valence-electron chi connectivity index (χ3n) is 6.80. The third-order valence-corrected chi connectivity index (χ3v) is 6.80. The zero-order valence-corrected chi connectivity index (χ0v) is 19.8. The first-order chi connectivity index (χ1) is 16.7. The molecule has 0 bridgehead atoms. The Bertz CT molecular complexity index is 1050. The van der Waals surface area contributed by atoms with Gasteiger partial charge >= 0.3 is 18.0 Å². The van der Waals surface area contributed by atoms with Crippen molar-refractivity contribution in [2.24, 2.45) is 0 Å². The number of carbonyl (C=O) groups excluding carboxylic acids is 2. The summed E-state index contributed by atoms with van der Waals surface area (Å²) in [7, 11) is 2.09. The molecule has 1 unspecified atom stereocenters. The molecule has 0 saturated carbocycles. The van der Waals surface area contributed by atoms with E-state index in [4.69, 9.17) is 0 Å². The van der Waals surface area contributed by atoms with Crippen molar-refractivity contribution >= 4 is 23.2 Å². The van der Waals surface area contributed by atoms with Crippen LogP contribution in [0, 0.1) is 0 Å². The minimum Gasteiger partial charge on any atom is -0.374 e. The van der Waals surface area contributed by atoms with E-state index in [1.165, 1.54) is 17.7 Å². The number of anilines is 2. The summed E-state index contributed by atoms with van der Waals surface area (Å²) in [4.78, 5) is 29.5. The SMILES string of the molecule is CN1CCCc2cc(C(CNC(=O)C(=O)Nc3ccc(C(F)(F)F)cc3)N3CCCCC3)ccc21. The van der Waals surface area contributed by atoms with Gasteiger partial charge in [-0.15, -0.1) is 0 Å². The maximum Gasteiger partial charge on any atom is 0.416 e. The highest BCUT2D eigenvalue weighted by molar-refractivity contribution is 6.39. The van der Waals surface area contributed by atoms with Gasteiger partial charge in [0.2, 0.25) is 0 Å². The monoisotopic (exact) mass is 488 g/mol. The van der Waals surface area contributed by atoms with Crippen molar-refractivity contribution in [1.29, 1.82) is 0 Å². The van der Waals surface area contributed by atoms with E-state index in [1.807, 2.05) is 0 Å². The number of rotatable bonds is 5. The number of aryl methyl sites for hydroxylation is 1. The first-order valence-electron chi connectivity index (χ1n) is 12.1. The van der Waals surface area contributed by atoms with Gasteiger partial charge < -0.3 is 15.5 Å². The number of hydrogen-bond acceptors (Lipinski definition) is 4. The highest BCUT2D eigenvalue weighted by Crippen LogP contribution is 2.32. The Balaban J connectivity index is 1.43. The third kappa shape index (κ3) is 6.14. The quantitative estimate of drug-likeness (QED) is 0.614. The molecule has 0 radical (unpaired) electrons. The highest BCUT2D eigenvalue weighted by atomic mass is 19.4. The Morgan fingerprint density at radius 1 is 0.943 bits per heavy atom. The number of nitrogens with zero attached hydrogens (tertiary/aromatic N) is 2. The van der Waals surface area contributed by atoms with E-state index in [-0.39, 0.29) is 18.3 Å². The Hall–Kier alpha value is -3.07. The van der Waals surface area contributed by atoms with Gasteiger partial charge in [-0.25, -0.2) is 0 Å². The molecule has 2 aromatic carbocycles. The molecule has 188 valence electrons. The van der Waals surface area contributed by atoms with E-state index >= 15 is 0 Å². The van der Waals surface area contributed by atoms with Crippen LogP contribution in [0.3, 0.4) is 0 Å². The second-order valence-corrected chi connectivity index (χ2v) is 9.26. The van der Waals surface area contributed by atoms with Crippen LogP contribution in [0.25, 0.3) is 0 Å². The molecule has 0 spiro atoms. The van der Waals surface area contributed by atoms with Crippen LogP contribution in [0.4, 0.5) is 24.5 Å². The standard InChI is InChI=1S/C26H31F3N4O2/c1-32-13-5-6-18-16-19(7-12-22(18)32)23(33-14-3-2-4-15-33)17-30-24(34)25(35)31-21-10-8-20(9-11-21)26(27,28)29/h7-12,16,23H,2-6,13-15,17H2,1H3,(H,30,34)(H,31,35). The summed E-state index contributed by atoms with van der Waals surface area (Å²) in [6.45, 7) is 3.16. The van der Waals surface area contributed by atoms with Crippen molar-refractivity contribution < 1.29 is 22.8 Å². The Morgan fingerprint density at radius 2 is 1.66 bits per heavy atom. The summed E-state index contributed by atoms with van der Waals surface area (Å²) in [5.74, 6) is -1.72. The smallest absolute Gasteiger partial charge is 0.374 e. The van der Waals surface area contributed by atoms with Gasteiger partial charge in [-0.2, -0.15) is 13.2 Å². The molecule has 1 fully saturated rings. The molecular weight excluding hydrogens is 457 g/mol. The number of likely N-dealkylation sites (tertiary alicyclic amines) is 1. The van der Waals surface area contributed by atoms with E-state index in [0.717, 1.165) is 75.1 Å². The summed E-state index contributed by atoms with van der Waals surface area (Å²) in [5, 5.41) is 5.11. The lowest BCUT2D eigenvalue weighted by molar-refractivity contribution is -0.137. The molecule has 2 amide bonds. The van der Waals surface area contributed by atoms with Gasteiger partial charge in [0.25, 0.3) is 0 Å². The molecule has 0 aliphatic carbocycles. The minimum atomic E-state index is -4.46. The molecule has 0 aromatic heterocycles. The molecule has 2 aromatic rings. The molecule has 1 saturated heterocycles. The molecule has 4 rings (SSSR count). The number of alkyl halides is 3. The van der Waals surface area contributed by atoms with Gasteiger partial charge in [0, 0.05) is 31.5 Å². The van der Waals surface area contributed by atoms with Crippen LogP contribution in [0.15, 0.2) is 42.5 Å². The van der Waals surface area contributed by atoms with Gasteiger partial charge in [-0.1, -0.05) is 18.6 Å². The average Bonchev–Trinajstić information content (AvgIpc) is 2.84. The molecule has 1 atom stereocenters. The van der Waals surface area contributed by atoms with Gasteiger partial charge in [-0.05, 0) is 80.2 Å². The molecule has 2 N–H and O–H groups in total. The van der Waals surface area contributed by atoms with Gasteiger partial charge in [-0.3, -0.25) is 14.5 Å². The molecule has 6 nitrogen and oxygen atoms in total. The summed E-state index contributed by atoms with van der Waals surface area (Å²) in [5.41, 5.74) is 2.96. The van der Waals surface area contributed by atoms with Crippen molar-refractivity contribution in [3.8, 4) is 0 Å². The average molecular weight is 489 g/mol. The van der Waals surface area contributed by atoms with Gasteiger partial charge in [0.05, 0.1) is 11.6 Å². The summed E-state index contributed by atoms with van der Waals surface area (Å²) >= 11 is 0. The van der Waals surface area contributed by atoms with E-state index < -0.39 is 23.6 Å². The zero-order chi connectivity index (χ0) is 25.0. The van der Waals surface area contributed by atoms with Crippen molar-refractivity contribution in [3.63, 3.8) is 0 Å². The zero-order valence-electron chi connectivity index (χ0n) is 19.8. The van der Waals surface area contributed by atoms with Gasteiger partial charge in [0.1, 0.15) is 0 Å².